The first-order valence-corrected chi connectivity index (χ1v) is 13.0. The lowest BCUT2D eigenvalue weighted by Gasteiger charge is -2.26. The van der Waals surface area contributed by atoms with Gasteiger partial charge in [-0.25, -0.2) is 0 Å². The van der Waals surface area contributed by atoms with Crippen LogP contribution < -0.4 is 4.74 Å². The standard InChI is InChI=1S/C29H39N3O4/c1-22-23(2)32(28-8-4-3-7-27(22)28)21-25(34)20-30(14-6-17-33)19-24-10-12-26(13-11-24)36-18-16-31-15-5-9-29(31)35/h3-4,7-8,10-13,25,33-34H,5-6,9,14-21H2,1-2H3/t25-/m1/s1. The van der Waals surface area contributed by atoms with Crippen molar-refractivity contribution in [2.75, 3.05) is 39.4 Å². The highest BCUT2D eigenvalue weighted by atomic mass is 16.5. The van der Waals surface area contributed by atoms with Crippen LogP contribution in [0.2, 0.25) is 0 Å². The van der Waals surface area contributed by atoms with Crippen molar-refractivity contribution in [2.45, 2.75) is 52.3 Å². The lowest BCUT2D eigenvalue weighted by atomic mass is 10.2. The summed E-state index contributed by atoms with van der Waals surface area (Å²) in [6.45, 7) is 8.76. The number of likely N-dealkylation sites (tertiary alicyclic amines) is 1. The van der Waals surface area contributed by atoms with Crippen LogP contribution in [0.25, 0.3) is 10.9 Å². The van der Waals surface area contributed by atoms with Crippen molar-refractivity contribution in [2.24, 2.45) is 0 Å². The highest BCUT2D eigenvalue weighted by Crippen LogP contribution is 2.25. The molecule has 0 unspecified atom stereocenters. The number of aliphatic hydroxyl groups excluding tert-OH is 2. The maximum absolute atomic E-state index is 11.7. The molecule has 2 heterocycles. The number of amides is 1. The van der Waals surface area contributed by atoms with Gasteiger partial charge in [0.05, 0.1) is 19.2 Å². The number of benzene rings is 2. The van der Waals surface area contributed by atoms with Crippen molar-refractivity contribution in [3.8, 4) is 5.75 Å². The number of aromatic nitrogens is 1. The predicted molar refractivity (Wildman–Crippen MR) is 142 cm³/mol. The van der Waals surface area contributed by atoms with E-state index in [2.05, 4.69) is 41.5 Å². The van der Waals surface area contributed by atoms with Crippen molar-refractivity contribution in [1.82, 2.24) is 14.4 Å². The van der Waals surface area contributed by atoms with Gasteiger partial charge < -0.3 is 24.4 Å². The van der Waals surface area contributed by atoms with Gasteiger partial charge in [0, 0.05) is 55.8 Å². The Labute approximate surface area is 213 Å². The third kappa shape index (κ3) is 6.46. The third-order valence-electron chi connectivity index (χ3n) is 7.17. The molecule has 0 bridgehead atoms. The number of para-hydroxylation sites is 1. The number of hydrogen-bond donors (Lipinski definition) is 2. The molecule has 7 nitrogen and oxygen atoms in total. The number of aliphatic hydroxyl groups is 2. The summed E-state index contributed by atoms with van der Waals surface area (Å²) in [6, 6.07) is 16.3. The van der Waals surface area contributed by atoms with Crippen LogP contribution in [0.4, 0.5) is 0 Å². The predicted octanol–water partition coefficient (Wildman–Crippen LogP) is 3.50. The van der Waals surface area contributed by atoms with Gasteiger partial charge >= 0.3 is 0 Å². The van der Waals surface area contributed by atoms with Crippen LogP contribution in [0.1, 0.15) is 36.1 Å². The Kier molecular flexibility index (Phi) is 9.02. The summed E-state index contributed by atoms with van der Waals surface area (Å²) >= 11 is 0. The van der Waals surface area contributed by atoms with E-state index in [0.29, 0.717) is 52.2 Å². The number of hydrogen-bond acceptors (Lipinski definition) is 5. The van der Waals surface area contributed by atoms with E-state index in [1.807, 2.05) is 35.2 Å². The van der Waals surface area contributed by atoms with Gasteiger partial charge in [-0.1, -0.05) is 30.3 Å². The van der Waals surface area contributed by atoms with Crippen LogP contribution in [0, 0.1) is 13.8 Å². The Hall–Kier alpha value is -2.87. The number of carbonyl (C=O) groups excluding carboxylic acids is 1. The summed E-state index contributed by atoms with van der Waals surface area (Å²) in [5.74, 6) is 1.01. The molecule has 1 aliphatic heterocycles. The van der Waals surface area contributed by atoms with Crippen LogP contribution in [0.5, 0.6) is 5.75 Å². The Bertz CT molecular complexity index is 1140. The molecule has 1 saturated heterocycles. The Morgan fingerprint density at radius 1 is 1.11 bits per heavy atom. The largest absolute Gasteiger partial charge is 0.492 e. The monoisotopic (exact) mass is 493 g/mol. The van der Waals surface area contributed by atoms with Crippen LogP contribution >= 0.6 is 0 Å². The van der Waals surface area contributed by atoms with Gasteiger partial charge in [0.2, 0.25) is 5.91 Å². The Morgan fingerprint density at radius 3 is 2.61 bits per heavy atom. The van der Waals surface area contributed by atoms with Crippen LogP contribution in [0.15, 0.2) is 48.5 Å². The second kappa shape index (κ2) is 12.4. The summed E-state index contributed by atoms with van der Waals surface area (Å²) in [6.07, 6.45) is 1.72. The van der Waals surface area contributed by atoms with Crippen LogP contribution in [-0.2, 0) is 17.9 Å². The lowest BCUT2D eigenvalue weighted by molar-refractivity contribution is -0.128. The van der Waals surface area contributed by atoms with E-state index in [9.17, 15) is 15.0 Å². The quantitative estimate of drug-likeness (QED) is 0.381. The molecule has 1 atom stereocenters. The van der Waals surface area contributed by atoms with E-state index >= 15 is 0 Å². The van der Waals surface area contributed by atoms with Crippen molar-refractivity contribution >= 4 is 16.8 Å². The van der Waals surface area contributed by atoms with Gasteiger partial charge in [-0.05, 0) is 56.0 Å². The molecule has 36 heavy (non-hydrogen) atoms. The first-order valence-electron chi connectivity index (χ1n) is 13.0. The molecule has 2 N–H and O–H groups in total. The summed E-state index contributed by atoms with van der Waals surface area (Å²) in [4.78, 5) is 15.8. The van der Waals surface area contributed by atoms with Crippen molar-refractivity contribution in [3.05, 3.63) is 65.4 Å². The number of carbonyl (C=O) groups is 1. The molecule has 1 aromatic heterocycles. The smallest absolute Gasteiger partial charge is 0.222 e. The minimum absolute atomic E-state index is 0.124. The van der Waals surface area contributed by atoms with E-state index < -0.39 is 6.10 Å². The van der Waals surface area contributed by atoms with Crippen molar-refractivity contribution < 1.29 is 19.7 Å². The molecule has 194 valence electrons. The van der Waals surface area contributed by atoms with E-state index in [4.69, 9.17) is 4.74 Å². The molecule has 1 amide bonds. The third-order valence-corrected chi connectivity index (χ3v) is 7.17. The minimum atomic E-state index is -0.534. The number of aryl methyl sites for hydroxylation is 1. The highest BCUT2D eigenvalue weighted by molar-refractivity contribution is 5.85. The molecular formula is C29H39N3O4. The number of nitrogens with zero attached hydrogens (tertiary/aromatic N) is 3. The summed E-state index contributed by atoms with van der Waals surface area (Å²) in [5, 5.41) is 21.6. The molecule has 1 fully saturated rings. The number of rotatable bonds is 13. The van der Waals surface area contributed by atoms with Crippen LogP contribution in [-0.4, -0.2) is 76.0 Å². The summed E-state index contributed by atoms with van der Waals surface area (Å²) in [5.41, 5.74) is 4.71. The average molecular weight is 494 g/mol. The summed E-state index contributed by atoms with van der Waals surface area (Å²) < 4.78 is 8.05. The molecule has 4 rings (SSSR count). The fourth-order valence-electron chi connectivity index (χ4n) is 5.10. The van der Waals surface area contributed by atoms with Gasteiger partial charge in [-0.15, -0.1) is 0 Å². The maximum Gasteiger partial charge on any atom is 0.222 e. The molecule has 1 aliphatic rings. The van der Waals surface area contributed by atoms with Crippen molar-refractivity contribution in [3.63, 3.8) is 0 Å². The molecular weight excluding hydrogens is 454 g/mol. The van der Waals surface area contributed by atoms with Crippen LogP contribution in [0.3, 0.4) is 0 Å². The van der Waals surface area contributed by atoms with E-state index in [1.54, 1.807) is 0 Å². The first-order chi connectivity index (χ1) is 17.5. The number of fused-ring (bicyclic) bond motifs is 1. The minimum Gasteiger partial charge on any atom is -0.492 e. The van der Waals surface area contributed by atoms with E-state index in [0.717, 1.165) is 29.8 Å². The first kappa shape index (κ1) is 26.2. The molecule has 7 heteroatoms. The van der Waals surface area contributed by atoms with Gasteiger partial charge in [-0.2, -0.15) is 0 Å². The highest BCUT2D eigenvalue weighted by Gasteiger charge is 2.20. The van der Waals surface area contributed by atoms with Gasteiger partial charge in [-0.3, -0.25) is 9.69 Å². The van der Waals surface area contributed by atoms with Crippen molar-refractivity contribution in [1.29, 1.82) is 0 Å². The average Bonchev–Trinajstić information content (AvgIpc) is 3.39. The topological polar surface area (TPSA) is 78.2 Å². The van der Waals surface area contributed by atoms with Gasteiger partial charge in [0.25, 0.3) is 0 Å². The zero-order valence-corrected chi connectivity index (χ0v) is 21.5. The molecule has 2 aromatic carbocycles. The van der Waals surface area contributed by atoms with E-state index in [1.165, 1.54) is 16.6 Å². The Morgan fingerprint density at radius 2 is 1.89 bits per heavy atom. The second-order valence-electron chi connectivity index (χ2n) is 9.78. The van der Waals surface area contributed by atoms with Gasteiger partial charge in [0.15, 0.2) is 0 Å². The maximum atomic E-state index is 11.7. The molecule has 0 radical (unpaired) electrons. The zero-order chi connectivity index (χ0) is 25.5. The Balaban J connectivity index is 1.33. The van der Waals surface area contributed by atoms with E-state index in [-0.39, 0.29) is 12.5 Å². The molecule has 0 spiro atoms. The fourth-order valence-corrected chi connectivity index (χ4v) is 5.10. The zero-order valence-electron chi connectivity index (χ0n) is 21.5. The van der Waals surface area contributed by atoms with Gasteiger partial charge in [0.1, 0.15) is 12.4 Å². The second-order valence-corrected chi connectivity index (χ2v) is 9.78. The normalized spacial score (nSPS) is 14.8. The summed E-state index contributed by atoms with van der Waals surface area (Å²) in [7, 11) is 0. The SMILES string of the molecule is Cc1c(C)n(C[C@H](O)CN(CCCO)Cc2ccc(OCCN3CCCC3=O)cc2)c2ccccc12. The molecule has 3 aromatic rings. The number of ether oxygens (including phenoxy) is 1. The molecule has 0 aliphatic carbocycles. The fraction of sp³-hybridized carbons (Fsp3) is 0.483. The lowest BCUT2D eigenvalue weighted by Crippen LogP contribution is -2.35. The molecule has 0 saturated carbocycles.